The molecular formula is C12H10F2N2O3. The highest BCUT2D eigenvalue weighted by molar-refractivity contribution is 5.85. The molecule has 0 saturated carbocycles. The van der Waals surface area contributed by atoms with Crippen LogP contribution in [0.1, 0.15) is 21.8 Å². The number of hydrogen-bond acceptors (Lipinski definition) is 4. The molecule has 2 rings (SSSR count). The average molecular weight is 268 g/mol. The van der Waals surface area contributed by atoms with Gasteiger partial charge in [0.05, 0.1) is 6.54 Å². The smallest absolute Gasteiger partial charge is 0.358 e. The highest BCUT2D eigenvalue weighted by Crippen LogP contribution is 2.09. The number of hydrogen-bond donors (Lipinski definition) is 2. The lowest BCUT2D eigenvalue weighted by molar-refractivity contribution is 0.0685. The summed E-state index contributed by atoms with van der Waals surface area (Å²) in [5.74, 6) is -2.63. The van der Waals surface area contributed by atoms with Gasteiger partial charge in [-0.25, -0.2) is 13.6 Å². The number of nitrogens with zero attached hydrogens (tertiary/aromatic N) is 1. The molecule has 0 aliphatic heterocycles. The summed E-state index contributed by atoms with van der Waals surface area (Å²) in [6.45, 7) is 0.527. The van der Waals surface area contributed by atoms with Crippen molar-refractivity contribution < 1.29 is 23.2 Å². The van der Waals surface area contributed by atoms with Crippen molar-refractivity contribution in [1.82, 2.24) is 10.5 Å². The number of aromatic carboxylic acids is 1. The van der Waals surface area contributed by atoms with Crippen molar-refractivity contribution in [1.29, 1.82) is 0 Å². The lowest BCUT2D eigenvalue weighted by atomic mass is 10.2. The summed E-state index contributed by atoms with van der Waals surface area (Å²) in [6.07, 6.45) is 0. The summed E-state index contributed by atoms with van der Waals surface area (Å²) >= 11 is 0. The van der Waals surface area contributed by atoms with E-state index in [2.05, 4.69) is 10.5 Å². The van der Waals surface area contributed by atoms with Crippen molar-refractivity contribution in [3.63, 3.8) is 0 Å². The van der Waals surface area contributed by atoms with Gasteiger partial charge in [0.15, 0.2) is 23.1 Å². The molecule has 2 aromatic rings. The Balaban J connectivity index is 1.88. The van der Waals surface area contributed by atoms with Crippen LogP contribution in [0.4, 0.5) is 8.78 Å². The van der Waals surface area contributed by atoms with Crippen LogP contribution < -0.4 is 5.32 Å². The van der Waals surface area contributed by atoms with E-state index in [1.807, 2.05) is 0 Å². The van der Waals surface area contributed by atoms with E-state index in [0.29, 0.717) is 17.9 Å². The molecule has 0 unspecified atom stereocenters. The lowest BCUT2D eigenvalue weighted by Gasteiger charge is -2.03. The minimum absolute atomic E-state index is 0.176. The Morgan fingerprint density at radius 2 is 2.05 bits per heavy atom. The van der Waals surface area contributed by atoms with Gasteiger partial charge >= 0.3 is 5.97 Å². The number of carbonyl (C=O) groups is 1. The van der Waals surface area contributed by atoms with Crippen molar-refractivity contribution in [2.45, 2.75) is 13.1 Å². The number of halogens is 2. The first-order valence-corrected chi connectivity index (χ1v) is 5.40. The molecule has 0 fully saturated rings. The first-order valence-electron chi connectivity index (χ1n) is 5.40. The number of carboxylic acids is 1. The summed E-state index contributed by atoms with van der Waals surface area (Å²) < 4.78 is 30.4. The molecule has 0 bridgehead atoms. The van der Waals surface area contributed by atoms with Crippen LogP contribution in [0.25, 0.3) is 0 Å². The molecule has 0 amide bonds. The SMILES string of the molecule is O=C(O)c1cc(CNCc2ccc(F)c(F)c2)on1. The molecule has 0 aliphatic rings. The third-order valence-corrected chi connectivity index (χ3v) is 2.39. The zero-order valence-electron chi connectivity index (χ0n) is 9.69. The standard InChI is InChI=1S/C12H10F2N2O3/c13-9-2-1-7(3-10(9)14)5-15-6-8-4-11(12(17)18)16-19-8/h1-4,15H,5-6H2,(H,17,18). The van der Waals surface area contributed by atoms with Crippen LogP contribution in [-0.4, -0.2) is 16.2 Å². The summed E-state index contributed by atoms with van der Waals surface area (Å²) in [6, 6.07) is 4.88. The molecule has 1 heterocycles. The van der Waals surface area contributed by atoms with E-state index in [1.165, 1.54) is 12.1 Å². The molecule has 0 spiro atoms. The third-order valence-electron chi connectivity index (χ3n) is 2.39. The minimum Gasteiger partial charge on any atom is -0.476 e. The van der Waals surface area contributed by atoms with Crippen LogP contribution in [0.5, 0.6) is 0 Å². The highest BCUT2D eigenvalue weighted by atomic mass is 19.2. The monoisotopic (exact) mass is 268 g/mol. The Morgan fingerprint density at radius 1 is 1.26 bits per heavy atom. The van der Waals surface area contributed by atoms with Gasteiger partial charge in [-0.05, 0) is 17.7 Å². The number of aromatic nitrogens is 1. The fraction of sp³-hybridized carbons (Fsp3) is 0.167. The molecule has 2 N–H and O–H groups in total. The van der Waals surface area contributed by atoms with Crippen LogP contribution in [0.2, 0.25) is 0 Å². The van der Waals surface area contributed by atoms with E-state index in [4.69, 9.17) is 9.63 Å². The van der Waals surface area contributed by atoms with E-state index >= 15 is 0 Å². The molecule has 0 saturated heterocycles. The van der Waals surface area contributed by atoms with Gasteiger partial charge < -0.3 is 14.9 Å². The topological polar surface area (TPSA) is 75.4 Å². The zero-order chi connectivity index (χ0) is 13.8. The third kappa shape index (κ3) is 3.35. The van der Waals surface area contributed by atoms with Gasteiger partial charge in [-0.1, -0.05) is 11.2 Å². The van der Waals surface area contributed by atoms with Gasteiger partial charge in [0.1, 0.15) is 0 Å². The number of benzene rings is 1. The second kappa shape index (κ2) is 5.57. The molecule has 0 radical (unpaired) electrons. The van der Waals surface area contributed by atoms with Gasteiger partial charge in [0.2, 0.25) is 0 Å². The van der Waals surface area contributed by atoms with Gasteiger partial charge in [0.25, 0.3) is 0 Å². The molecule has 1 aromatic heterocycles. The summed E-state index contributed by atoms with van der Waals surface area (Å²) in [5.41, 5.74) is 0.390. The molecule has 5 nitrogen and oxygen atoms in total. The van der Waals surface area contributed by atoms with Crippen molar-refractivity contribution >= 4 is 5.97 Å². The van der Waals surface area contributed by atoms with E-state index in [-0.39, 0.29) is 12.2 Å². The largest absolute Gasteiger partial charge is 0.476 e. The lowest BCUT2D eigenvalue weighted by Crippen LogP contribution is -2.12. The highest BCUT2D eigenvalue weighted by Gasteiger charge is 2.10. The van der Waals surface area contributed by atoms with Crippen LogP contribution >= 0.6 is 0 Å². The van der Waals surface area contributed by atoms with Crippen LogP contribution in [0.15, 0.2) is 28.8 Å². The van der Waals surface area contributed by atoms with Crippen LogP contribution in [0.3, 0.4) is 0 Å². The zero-order valence-corrected chi connectivity index (χ0v) is 9.69. The number of rotatable bonds is 5. The predicted molar refractivity (Wildman–Crippen MR) is 60.4 cm³/mol. The summed E-state index contributed by atoms with van der Waals surface area (Å²) in [4.78, 5) is 10.6. The summed E-state index contributed by atoms with van der Waals surface area (Å²) in [7, 11) is 0. The van der Waals surface area contributed by atoms with Crippen LogP contribution in [-0.2, 0) is 13.1 Å². The first-order chi connectivity index (χ1) is 9.06. The van der Waals surface area contributed by atoms with Crippen molar-refractivity contribution in [3.8, 4) is 0 Å². The Morgan fingerprint density at radius 3 is 2.68 bits per heavy atom. The summed E-state index contributed by atoms with van der Waals surface area (Å²) in [5, 5.41) is 14.9. The maximum absolute atomic E-state index is 12.9. The van der Waals surface area contributed by atoms with Gasteiger partial charge in [-0.15, -0.1) is 0 Å². The average Bonchev–Trinajstić information content (AvgIpc) is 2.83. The van der Waals surface area contributed by atoms with E-state index in [9.17, 15) is 13.6 Å². The molecule has 1 aromatic carbocycles. The van der Waals surface area contributed by atoms with Gasteiger partial charge in [0, 0.05) is 12.6 Å². The Labute approximate surface area is 106 Å². The molecule has 0 atom stereocenters. The number of nitrogens with one attached hydrogen (secondary N) is 1. The first kappa shape index (κ1) is 13.2. The second-order valence-corrected chi connectivity index (χ2v) is 3.84. The predicted octanol–water partition coefficient (Wildman–Crippen LogP) is 1.94. The van der Waals surface area contributed by atoms with Crippen LogP contribution in [0, 0.1) is 11.6 Å². The normalized spacial score (nSPS) is 10.6. The quantitative estimate of drug-likeness (QED) is 0.866. The molecular weight excluding hydrogens is 258 g/mol. The number of carboxylic acid groups (broad SMARTS) is 1. The molecule has 7 heteroatoms. The van der Waals surface area contributed by atoms with Gasteiger partial charge in [-0.2, -0.15) is 0 Å². The van der Waals surface area contributed by atoms with E-state index in [0.717, 1.165) is 12.1 Å². The van der Waals surface area contributed by atoms with E-state index in [1.54, 1.807) is 0 Å². The van der Waals surface area contributed by atoms with Crippen molar-refractivity contribution in [3.05, 3.63) is 52.9 Å². The minimum atomic E-state index is -1.17. The van der Waals surface area contributed by atoms with E-state index < -0.39 is 17.6 Å². The molecule has 100 valence electrons. The Hall–Kier alpha value is -2.28. The maximum Gasteiger partial charge on any atom is 0.358 e. The Bertz CT molecular complexity index is 598. The van der Waals surface area contributed by atoms with Crippen molar-refractivity contribution in [2.24, 2.45) is 0 Å². The fourth-order valence-corrected chi connectivity index (χ4v) is 1.48. The second-order valence-electron chi connectivity index (χ2n) is 3.84. The Kier molecular flexibility index (Phi) is 3.86. The van der Waals surface area contributed by atoms with Crippen molar-refractivity contribution in [2.75, 3.05) is 0 Å². The molecule has 19 heavy (non-hydrogen) atoms. The molecule has 0 aliphatic carbocycles. The van der Waals surface area contributed by atoms with Gasteiger partial charge in [-0.3, -0.25) is 0 Å². The maximum atomic E-state index is 12.9. The fourth-order valence-electron chi connectivity index (χ4n) is 1.48.